The summed E-state index contributed by atoms with van der Waals surface area (Å²) in [6.45, 7) is 3.71. The van der Waals surface area contributed by atoms with Gasteiger partial charge in [-0.2, -0.15) is 0 Å². The highest BCUT2D eigenvalue weighted by Crippen LogP contribution is 2.29. The smallest absolute Gasteiger partial charge is 0.0524 e. The maximum absolute atomic E-state index is 9.37. The lowest BCUT2D eigenvalue weighted by molar-refractivity contribution is 0.150. The molecule has 1 saturated carbocycles. The van der Waals surface area contributed by atoms with Gasteiger partial charge in [0.1, 0.15) is 0 Å². The molecule has 1 aromatic rings. The van der Waals surface area contributed by atoms with E-state index in [1.54, 1.807) is 0 Å². The van der Waals surface area contributed by atoms with Crippen LogP contribution < -0.4 is 5.73 Å². The van der Waals surface area contributed by atoms with E-state index in [4.69, 9.17) is 5.73 Å². The van der Waals surface area contributed by atoms with Gasteiger partial charge in [-0.25, -0.2) is 0 Å². The Morgan fingerprint density at radius 3 is 2.71 bits per heavy atom. The third-order valence-electron chi connectivity index (χ3n) is 3.33. The zero-order valence-electron chi connectivity index (χ0n) is 10.5. The van der Waals surface area contributed by atoms with E-state index >= 15 is 0 Å². The minimum absolute atomic E-state index is 0.218. The average molecular weight is 234 g/mol. The first-order valence-corrected chi connectivity index (χ1v) is 6.42. The molecule has 0 amide bonds. The van der Waals surface area contributed by atoms with E-state index in [-0.39, 0.29) is 6.10 Å². The van der Waals surface area contributed by atoms with Gasteiger partial charge in [0.2, 0.25) is 0 Å². The number of anilines is 1. The van der Waals surface area contributed by atoms with Crippen LogP contribution in [0.4, 0.5) is 5.69 Å². The summed E-state index contributed by atoms with van der Waals surface area (Å²) in [4.78, 5) is 2.44. The van der Waals surface area contributed by atoms with Crippen LogP contribution in [0.1, 0.15) is 31.7 Å². The highest BCUT2D eigenvalue weighted by atomic mass is 16.3. The molecular formula is C14H22N2O. The van der Waals surface area contributed by atoms with E-state index in [1.807, 2.05) is 25.1 Å². The fourth-order valence-electron chi connectivity index (χ4n) is 2.08. The van der Waals surface area contributed by atoms with Crippen molar-refractivity contribution in [1.82, 2.24) is 4.90 Å². The summed E-state index contributed by atoms with van der Waals surface area (Å²) < 4.78 is 0. The number of nitrogens with zero attached hydrogens (tertiary/aromatic N) is 1. The molecule has 3 nitrogen and oxygen atoms in total. The van der Waals surface area contributed by atoms with Gasteiger partial charge < -0.3 is 10.8 Å². The Morgan fingerprint density at radius 2 is 2.12 bits per heavy atom. The van der Waals surface area contributed by atoms with Crippen molar-refractivity contribution in [3.8, 4) is 0 Å². The van der Waals surface area contributed by atoms with E-state index in [2.05, 4.69) is 11.0 Å². The number of hydrogen-bond donors (Lipinski definition) is 2. The number of aliphatic hydroxyl groups excluding tert-OH is 1. The Kier molecular flexibility index (Phi) is 4.02. The van der Waals surface area contributed by atoms with Gasteiger partial charge in [-0.15, -0.1) is 0 Å². The predicted octanol–water partition coefficient (Wildman–Crippen LogP) is 2.00. The molecule has 3 N–H and O–H groups in total. The number of hydrogen-bond acceptors (Lipinski definition) is 3. The van der Waals surface area contributed by atoms with Crippen LogP contribution in [0.25, 0.3) is 0 Å². The van der Waals surface area contributed by atoms with Crippen LogP contribution >= 0.6 is 0 Å². The number of aliphatic hydroxyl groups is 1. The second-order valence-electron chi connectivity index (χ2n) is 5.04. The van der Waals surface area contributed by atoms with Gasteiger partial charge in [-0.3, -0.25) is 4.90 Å². The van der Waals surface area contributed by atoms with E-state index in [1.165, 1.54) is 18.4 Å². The van der Waals surface area contributed by atoms with Crippen molar-refractivity contribution in [3.05, 3.63) is 29.8 Å². The zero-order valence-corrected chi connectivity index (χ0v) is 10.5. The van der Waals surface area contributed by atoms with Crippen molar-refractivity contribution in [1.29, 1.82) is 0 Å². The van der Waals surface area contributed by atoms with Crippen molar-refractivity contribution >= 4 is 5.69 Å². The van der Waals surface area contributed by atoms with Crippen LogP contribution in [0, 0.1) is 0 Å². The lowest BCUT2D eigenvalue weighted by Gasteiger charge is -2.23. The molecule has 1 fully saturated rings. The van der Waals surface area contributed by atoms with Crippen molar-refractivity contribution in [2.75, 3.05) is 12.3 Å². The first-order chi connectivity index (χ1) is 8.16. The molecule has 2 rings (SSSR count). The topological polar surface area (TPSA) is 49.5 Å². The van der Waals surface area contributed by atoms with Crippen molar-refractivity contribution < 1.29 is 5.11 Å². The summed E-state index contributed by atoms with van der Waals surface area (Å²) in [5.74, 6) is 0. The molecule has 0 saturated heterocycles. The molecule has 0 heterocycles. The summed E-state index contributed by atoms with van der Waals surface area (Å²) >= 11 is 0. The van der Waals surface area contributed by atoms with E-state index in [0.29, 0.717) is 6.04 Å². The maximum Gasteiger partial charge on any atom is 0.0524 e. The summed E-state index contributed by atoms with van der Waals surface area (Å²) in [5, 5.41) is 9.37. The van der Waals surface area contributed by atoms with Crippen LogP contribution in [0.3, 0.4) is 0 Å². The van der Waals surface area contributed by atoms with Gasteiger partial charge in [-0.1, -0.05) is 18.2 Å². The zero-order chi connectivity index (χ0) is 12.3. The standard InChI is InChI=1S/C14H22N2O/c1-11(17)8-9-16(13-6-7-13)10-12-4-2-3-5-14(12)15/h2-5,11,13,17H,6-10,15H2,1H3. The monoisotopic (exact) mass is 234 g/mol. The maximum atomic E-state index is 9.37. The molecule has 94 valence electrons. The molecule has 1 aliphatic carbocycles. The Morgan fingerprint density at radius 1 is 1.41 bits per heavy atom. The Bertz CT molecular complexity index is 361. The molecule has 0 spiro atoms. The fraction of sp³-hybridized carbons (Fsp3) is 0.571. The molecule has 0 bridgehead atoms. The van der Waals surface area contributed by atoms with Gasteiger partial charge in [0.15, 0.2) is 0 Å². The number of benzene rings is 1. The van der Waals surface area contributed by atoms with Crippen LogP contribution in [-0.4, -0.2) is 28.7 Å². The number of nitrogens with two attached hydrogens (primary N) is 1. The third-order valence-corrected chi connectivity index (χ3v) is 3.33. The molecular weight excluding hydrogens is 212 g/mol. The summed E-state index contributed by atoms with van der Waals surface area (Å²) in [6.07, 6.45) is 3.19. The molecule has 1 aromatic carbocycles. The second kappa shape index (κ2) is 5.52. The first-order valence-electron chi connectivity index (χ1n) is 6.42. The van der Waals surface area contributed by atoms with Crippen LogP contribution in [0.2, 0.25) is 0 Å². The third kappa shape index (κ3) is 3.72. The van der Waals surface area contributed by atoms with Crippen molar-refractivity contribution in [3.63, 3.8) is 0 Å². The lowest BCUT2D eigenvalue weighted by Crippen LogP contribution is -2.28. The summed E-state index contributed by atoms with van der Waals surface area (Å²) in [6, 6.07) is 8.75. The van der Waals surface area contributed by atoms with Crippen molar-refractivity contribution in [2.45, 2.75) is 44.9 Å². The van der Waals surface area contributed by atoms with Gasteiger partial charge in [0.25, 0.3) is 0 Å². The molecule has 0 radical (unpaired) electrons. The quantitative estimate of drug-likeness (QED) is 0.740. The number of nitrogen functional groups attached to an aromatic ring is 1. The number of para-hydroxylation sites is 1. The minimum Gasteiger partial charge on any atom is -0.398 e. The molecule has 0 aromatic heterocycles. The highest BCUT2D eigenvalue weighted by molar-refractivity contribution is 5.46. The Hall–Kier alpha value is -1.06. The molecule has 1 aliphatic rings. The van der Waals surface area contributed by atoms with Crippen LogP contribution in [0.5, 0.6) is 0 Å². The van der Waals surface area contributed by atoms with Gasteiger partial charge >= 0.3 is 0 Å². The highest BCUT2D eigenvalue weighted by Gasteiger charge is 2.28. The Labute approximate surface area is 103 Å². The second-order valence-corrected chi connectivity index (χ2v) is 5.04. The fourth-order valence-corrected chi connectivity index (χ4v) is 2.08. The normalized spacial score (nSPS) is 17.4. The molecule has 1 atom stereocenters. The van der Waals surface area contributed by atoms with Gasteiger partial charge in [-0.05, 0) is 37.8 Å². The van der Waals surface area contributed by atoms with E-state index in [9.17, 15) is 5.11 Å². The van der Waals surface area contributed by atoms with Crippen molar-refractivity contribution in [2.24, 2.45) is 0 Å². The SMILES string of the molecule is CC(O)CCN(Cc1ccccc1N)C1CC1. The molecule has 1 unspecified atom stereocenters. The Balaban J connectivity index is 1.95. The van der Waals surface area contributed by atoms with Crippen LogP contribution in [0.15, 0.2) is 24.3 Å². The minimum atomic E-state index is -0.218. The largest absolute Gasteiger partial charge is 0.398 e. The first kappa shape index (κ1) is 12.4. The van der Waals surface area contributed by atoms with Gasteiger partial charge in [0, 0.05) is 24.8 Å². The summed E-state index contributed by atoms with van der Waals surface area (Å²) in [7, 11) is 0. The molecule has 3 heteroatoms. The van der Waals surface area contributed by atoms with Crippen LogP contribution in [-0.2, 0) is 6.54 Å². The van der Waals surface area contributed by atoms with Gasteiger partial charge in [0.05, 0.1) is 6.10 Å². The molecule has 0 aliphatic heterocycles. The average Bonchev–Trinajstić information content (AvgIpc) is 3.10. The van der Waals surface area contributed by atoms with E-state index < -0.39 is 0 Å². The summed E-state index contributed by atoms with van der Waals surface area (Å²) in [5.41, 5.74) is 8.04. The van der Waals surface area contributed by atoms with E-state index in [0.717, 1.165) is 25.2 Å². The molecule has 17 heavy (non-hydrogen) atoms. The predicted molar refractivity (Wildman–Crippen MR) is 70.6 cm³/mol. The lowest BCUT2D eigenvalue weighted by atomic mass is 10.1. The number of rotatable bonds is 6.